The predicted octanol–water partition coefficient (Wildman–Crippen LogP) is 2.56. The third-order valence-electron chi connectivity index (χ3n) is 2.85. The molecule has 0 bridgehead atoms. The Morgan fingerprint density at radius 3 is 2.74 bits per heavy atom. The van der Waals surface area contributed by atoms with Crippen LogP contribution in [0.5, 0.6) is 0 Å². The second-order valence-electron chi connectivity index (χ2n) is 4.32. The van der Waals surface area contributed by atoms with E-state index in [4.69, 9.17) is 9.63 Å². The van der Waals surface area contributed by atoms with Gasteiger partial charge in [0, 0.05) is 5.56 Å². The lowest BCUT2D eigenvalue weighted by atomic mass is 10.1. The third-order valence-corrected chi connectivity index (χ3v) is 2.85. The number of nitrogens with one attached hydrogen (secondary N) is 1. The normalized spacial score (nSPS) is 12.2. The summed E-state index contributed by atoms with van der Waals surface area (Å²) >= 11 is 0. The number of hydrogen-bond acceptors (Lipinski definition) is 5. The largest absolute Gasteiger partial charge is 0.477 e. The lowest BCUT2D eigenvalue weighted by Gasteiger charge is -2.14. The summed E-state index contributed by atoms with van der Waals surface area (Å²) in [6.07, 6.45) is 0. The molecule has 19 heavy (non-hydrogen) atoms. The van der Waals surface area contributed by atoms with E-state index in [1.54, 1.807) is 12.1 Å². The van der Waals surface area contributed by atoms with Crippen LogP contribution in [0.4, 0.5) is 5.82 Å². The molecule has 2 aromatic heterocycles. The van der Waals surface area contributed by atoms with Crippen molar-refractivity contribution in [3.8, 4) is 0 Å². The zero-order chi connectivity index (χ0) is 14.0. The van der Waals surface area contributed by atoms with E-state index < -0.39 is 5.97 Å². The summed E-state index contributed by atoms with van der Waals surface area (Å²) in [5.74, 6) is 0.202. The first-order chi connectivity index (χ1) is 8.99. The Morgan fingerprint density at radius 2 is 2.16 bits per heavy atom. The number of hydrogen-bond donors (Lipinski definition) is 2. The van der Waals surface area contributed by atoms with Crippen molar-refractivity contribution in [2.75, 3.05) is 5.32 Å². The van der Waals surface area contributed by atoms with E-state index in [9.17, 15) is 4.79 Å². The molecule has 2 aromatic rings. The minimum absolute atomic E-state index is 0.0102. The van der Waals surface area contributed by atoms with Gasteiger partial charge in [-0.2, -0.15) is 0 Å². The molecule has 2 N–H and O–H groups in total. The number of rotatable bonds is 4. The van der Waals surface area contributed by atoms with E-state index in [1.807, 2.05) is 20.8 Å². The van der Waals surface area contributed by atoms with Crippen LogP contribution in [0.25, 0.3) is 0 Å². The molecule has 0 aliphatic rings. The average Bonchev–Trinajstić information content (AvgIpc) is 2.69. The fraction of sp³-hybridized carbons (Fsp3) is 0.308. The highest BCUT2D eigenvalue weighted by Crippen LogP contribution is 2.24. The topological polar surface area (TPSA) is 88.2 Å². The van der Waals surface area contributed by atoms with Crippen molar-refractivity contribution in [2.45, 2.75) is 26.8 Å². The van der Waals surface area contributed by atoms with E-state index in [0.717, 1.165) is 17.0 Å². The fourth-order valence-corrected chi connectivity index (χ4v) is 2.04. The van der Waals surface area contributed by atoms with E-state index in [-0.39, 0.29) is 11.7 Å². The molecular formula is C13H15N3O3. The highest BCUT2D eigenvalue weighted by atomic mass is 16.5. The molecule has 1 unspecified atom stereocenters. The average molecular weight is 261 g/mol. The molecule has 2 heterocycles. The molecule has 100 valence electrons. The van der Waals surface area contributed by atoms with Gasteiger partial charge in [0.15, 0.2) is 5.69 Å². The van der Waals surface area contributed by atoms with Crippen LogP contribution in [-0.4, -0.2) is 21.2 Å². The van der Waals surface area contributed by atoms with Crippen LogP contribution in [0, 0.1) is 13.8 Å². The Bertz CT molecular complexity index is 587. The molecular weight excluding hydrogens is 246 g/mol. The maximum atomic E-state index is 10.9. The van der Waals surface area contributed by atoms with Gasteiger partial charge in [0.25, 0.3) is 0 Å². The van der Waals surface area contributed by atoms with Crippen LogP contribution in [0.1, 0.15) is 40.5 Å². The van der Waals surface area contributed by atoms with Gasteiger partial charge >= 0.3 is 5.97 Å². The Kier molecular flexibility index (Phi) is 3.50. The minimum atomic E-state index is -1.05. The Hall–Kier alpha value is -2.37. The number of aromatic nitrogens is 2. The first-order valence-electron chi connectivity index (χ1n) is 5.88. The van der Waals surface area contributed by atoms with Crippen LogP contribution in [-0.2, 0) is 0 Å². The van der Waals surface area contributed by atoms with Gasteiger partial charge in [0.05, 0.1) is 11.7 Å². The predicted molar refractivity (Wildman–Crippen MR) is 69.2 cm³/mol. The molecule has 0 amide bonds. The van der Waals surface area contributed by atoms with Gasteiger partial charge in [-0.1, -0.05) is 11.2 Å². The van der Waals surface area contributed by atoms with Gasteiger partial charge in [-0.25, -0.2) is 9.78 Å². The van der Waals surface area contributed by atoms with Gasteiger partial charge in [-0.3, -0.25) is 0 Å². The maximum Gasteiger partial charge on any atom is 0.354 e. The Balaban J connectivity index is 2.22. The molecule has 2 rings (SSSR count). The van der Waals surface area contributed by atoms with Crippen LogP contribution in [0.2, 0.25) is 0 Å². The minimum Gasteiger partial charge on any atom is -0.477 e. The smallest absolute Gasteiger partial charge is 0.354 e. The molecule has 6 nitrogen and oxygen atoms in total. The summed E-state index contributed by atoms with van der Waals surface area (Å²) in [6.45, 7) is 5.65. The maximum absolute atomic E-state index is 10.9. The first-order valence-corrected chi connectivity index (χ1v) is 5.88. The molecule has 0 saturated heterocycles. The van der Waals surface area contributed by atoms with Gasteiger partial charge < -0.3 is 14.9 Å². The molecule has 0 aliphatic heterocycles. The second kappa shape index (κ2) is 5.09. The summed E-state index contributed by atoms with van der Waals surface area (Å²) < 4.78 is 5.11. The van der Waals surface area contributed by atoms with Crippen molar-refractivity contribution in [1.29, 1.82) is 0 Å². The number of carbonyl (C=O) groups is 1. The van der Waals surface area contributed by atoms with Crippen molar-refractivity contribution < 1.29 is 14.4 Å². The highest BCUT2D eigenvalue weighted by Gasteiger charge is 2.17. The molecule has 0 saturated carbocycles. The third kappa shape index (κ3) is 2.73. The number of carboxylic acid groups (broad SMARTS) is 1. The molecule has 0 spiro atoms. The van der Waals surface area contributed by atoms with Crippen molar-refractivity contribution in [3.05, 3.63) is 40.9 Å². The van der Waals surface area contributed by atoms with E-state index in [0.29, 0.717) is 5.82 Å². The zero-order valence-electron chi connectivity index (χ0n) is 11.0. The first kappa shape index (κ1) is 13.1. The number of nitrogens with zero attached hydrogens (tertiary/aromatic N) is 2. The van der Waals surface area contributed by atoms with Crippen molar-refractivity contribution in [1.82, 2.24) is 10.1 Å². The summed E-state index contributed by atoms with van der Waals surface area (Å²) in [6, 6.07) is 4.76. The number of anilines is 1. The van der Waals surface area contributed by atoms with E-state index in [2.05, 4.69) is 15.5 Å². The van der Waals surface area contributed by atoms with E-state index >= 15 is 0 Å². The number of aryl methyl sites for hydroxylation is 2. The van der Waals surface area contributed by atoms with Crippen molar-refractivity contribution in [3.63, 3.8) is 0 Å². The van der Waals surface area contributed by atoms with Crippen LogP contribution >= 0.6 is 0 Å². The summed E-state index contributed by atoms with van der Waals surface area (Å²) in [5, 5.41) is 15.9. The number of carboxylic acids is 1. The number of pyridine rings is 1. The van der Waals surface area contributed by atoms with Gasteiger partial charge in [-0.15, -0.1) is 0 Å². The van der Waals surface area contributed by atoms with Crippen LogP contribution in [0.15, 0.2) is 22.7 Å². The Morgan fingerprint density at radius 1 is 1.42 bits per heavy atom. The van der Waals surface area contributed by atoms with Gasteiger partial charge in [0.1, 0.15) is 11.6 Å². The monoisotopic (exact) mass is 261 g/mol. The number of aromatic carboxylic acids is 1. The molecule has 0 aliphatic carbocycles. The molecule has 1 atom stereocenters. The van der Waals surface area contributed by atoms with Crippen LogP contribution < -0.4 is 5.32 Å². The summed E-state index contributed by atoms with van der Waals surface area (Å²) in [4.78, 5) is 14.9. The summed E-state index contributed by atoms with van der Waals surface area (Å²) in [7, 11) is 0. The lowest BCUT2D eigenvalue weighted by molar-refractivity contribution is 0.0690. The SMILES string of the molecule is Cc1noc(C)c1C(C)Nc1cccc(C(=O)O)n1. The Labute approximate surface area is 110 Å². The fourth-order valence-electron chi connectivity index (χ4n) is 2.04. The van der Waals surface area contributed by atoms with Crippen molar-refractivity contribution in [2.24, 2.45) is 0 Å². The van der Waals surface area contributed by atoms with Crippen LogP contribution in [0.3, 0.4) is 0 Å². The zero-order valence-corrected chi connectivity index (χ0v) is 11.0. The van der Waals surface area contributed by atoms with Crippen molar-refractivity contribution >= 4 is 11.8 Å². The molecule has 6 heteroatoms. The molecule has 0 fully saturated rings. The summed E-state index contributed by atoms with van der Waals surface area (Å²) in [5.41, 5.74) is 1.78. The molecule has 0 radical (unpaired) electrons. The van der Waals surface area contributed by atoms with E-state index in [1.165, 1.54) is 6.07 Å². The van der Waals surface area contributed by atoms with Gasteiger partial charge in [-0.05, 0) is 32.9 Å². The standard InChI is InChI=1S/C13H15N3O3/c1-7(12-8(2)16-19-9(12)3)14-11-6-4-5-10(15-11)13(17)18/h4-7H,1-3H3,(H,14,15)(H,17,18). The molecule has 0 aromatic carbocycles. The second-order valence-corrected chi connectivity index (χ2v) is 4.32. The lowest BCUT2D eigenvalue weighted by Crippen LogP contribution is -2.11. The highest BCUT2D eigenvalue weighted by molar-refractivity contribution is 5.85. The van der Waals surface area contributed by atoms with Gasteiger partial charge in [0.2, 0.25) is 0 Å². The quantitative estimate of drug-likeness (QED) is 0.879.